The van der Waals surface area contributed by atoms with Gasteiger partial charge in [0.25, 0.3) is 0 Å². The molecule has 1 heterocycles. The lowest BCUT2D eigenvalue weighted by Crippen LogP contribution is -2.03. The molecule has 0 amide bonds. The van der Waals surface area contributed by atoms with Crippen LogP contribution in [-0.2, 0) is 18.3 Å². The number of carbonyl (C=O) groups excluding carboxylic acids is 1. The number of carbonyl (C=O) groups is 1. The van der Waals surface area contributed by atoms with Gasteiger partial charge in [0.05, 0.1) is 17.5 Å². The number of ketones is 1. The maximum atomic E-state index is 11.1. The van der Waals surface area contributed by atoms with Crippen molar-refractivity contribution in [1.82, 2.24) is 9.55 Å². The molecule has 2 aromatic rings. The maximum Gasteiger partial charge on any atom is 0.137 e. The van der Waals surface area contributed by atoms with Crippen molar-refractivity contribution in [3.05, 3.63) is 29.6 Å². The summed E-state index contributed by atoms with van der Waals surface area (Å²) in [5.41, 5.74) is 3.26. The first-order valence-electron chi connectivity index (χ1n) is 4.99. The van der Waals surface area contributed by atoms with E-state index in [0.29, 0.717) is 6.42 Å². The Kier molecular flexibility index (Phi) is 2.31. The Morgan fingerprint density at radius 1 is 1.47 bits per heavy atom. The molecule has 15 heavy (non-hydrogen) atoms. The van der Waals surface area contributed by atoms with Gasteiger partial charge in [-0.3, -0.25) is 4.79 Å². The van der Waals surface area contributed by atoms with Gasteiger partial charge in [0, 0.05) is 7.05 Å². The van der Waals surface area contributed by atoms with Crippen LogP contribution in [-0.4, -0.2) is 15.3 Å². The highest BCUT2D eigenvalue weighted by molar-refractivity contribution is 5.81. The van der Waals surface area contributed by atoms with Crippen molar-refractivity contribution >= 4 is 16.8 Å². The van der Waals surface area contributed by atoms with Crippen molar-refractivity contribution in [2.24, 2.45) is 7.05 Å². The summed E-state index contributed by atoms with van der Waals surface area (Å²) in [4.78, 5) is 15.5. The smallest absolute Gasteiger partial charge is 0.137 e. The summed E-state index contributed by atoms with van der Waals surface area (Å²) in [6.45, 7) is 3.64. The lowest BCUT2D eigenvalue weighted by Gasteiger charge is -1.99. The van der Waals surface area contributed by atoms with Crippen LogP contribution in [0, 0.1) is 6.92 Å². The summed E-state index contributed by atoms with van der Waals surface area (Å²) in [6.07, 6.45) is 0.407. The summed E-state index contributed by atoms with van der Waals surface area (Å²) in [5.74, 6) is 0.980. The molecule has 1 aromatic carbocycles. The molecule has 0 N–H and O–H groups in total. The number of Topliss-reactive ketones (excluding diaryl/α,β-unsaturated/α-hetero) is 1. The molecule has 0 saturated heterocycles. The van der Waals surface area contributed by atoms with E-state index in [0.717, 1.165) is 16.9 Å². The molecule has 0 aliphatic rings. The predicted octanol–water partition coefficient (Wildman–Crippen LogP) is 2.01. The van der Waals surface area contributed by atoms with E-state index in [1.165, 1.54) is 5.56 Å². The largest absolute Gasteiger partial charge is 0.331 e. The van der Waals surface area contributed by atoms with Crippen molar-refractivity contribution in [3.63, 3.8) is 0 Å². The van der Waals surface area contributed by atoms with Gasteiger partial charge >= 0.3 is 0 Å². The Morgan fingerprint density at radius 2 is 2.20 bits per heavy atom. The molecule has 0 radical (unpaired) electrons. The number of benzene rings is 1. The van der Waals surface area contributed by atoms with E-state index in [1.54, 1.807) is 6.92 Å². The van der Waals surface area contributed by atoms with Crippen molar-refractivity contribution in [3.8, 4) is 0 Å². The Balaban J connectivity index is 2.59. The van der Waals surface area contributed by atoms with E-state index in [2.05, 4.69) is 18.0 Å². The topological polar surface area (TPSA) is 34.9 Å². The molecule has 1 aromatic heterocycles. The average Bonchev–Trinajstić information content (AvgIpc) is 2.44. The summed E-state index contributed by atoms with van der Waals surface area (Å²) in [6, 6.07) is 6.12. The minimum absolute atomic E-state index is 0.144. The monoisotopic (exact) mass is 202 g/mol. The summed E-state index contributed by atoms with van der Waals surface area (Å²) in [7, 11) is 1.95. The number of aryl methyl sites for hydroxylation is 2. The minimum Gasteiger partial charge on any atom is -0.331 e. The minimum atomic E-state index is 0.144. The van der Waals surface area contributed by atoms with Crippen LogP contribution >= 0.6 is 0 Å². The fourth-order valence-electron chi connectivity index (χ4n) is 1.73. The van der Waals surface area contributed by atoms with Gasteiger partial charge in [0.1, 0.15) is 11.6 Å². The zero-order valence-corrected chi connectivity index (χ0v) is 9.24. The molecule has 3 nitrogen and oxygen atoms in total. The third kappa shape index (κ3) is 1.77. The van der Waals surface area contributed by atoms with Crippen LogP contribution < -0.4 is 0 Å². The molecule has 2 rings (SSSR count). The Bertz CT molecular complexity index is 526. The lowest BCUT2D eigenvalue weighted by molar-refractivity contribution is -0.116. The van der Waals surface area contributed by atoms with Crippen molar-refractivity contribution in [2.45, 2.75) is 20.3 Å². The third-order valence-electron chi connectivity index (χ3n) is 2.54. The highest BCUT2D eigenvalue weighted by Gasteiger charge is 2.08. The first kappa shape index (κ1) is 9.90. The molecule has 0 aliphatic carbocycles. The molecule has 0 fully saturated rings. The van der Waals surface area contributed by atoms with Gasteiger partial charge in [0.15, 0.2) is 0 Å². The van der Waals surface area contributed by atoms with Gasteiger partial charge in [0.2, 0.25) is 0 Å². The zero-order valence-electron chi connectivity index (χ0n) is 9.24. The van der Waals surface area contributed by atoms with Gasteiger partial charge in [-0.05, 0) is 31.5 Å². The van der Waals surface area contributed by atoms with Crippen LogP contribution in [0.3, 0.4) is 0 Å². The quantitative estimate of drug-likeness (QED) is 0.746. The maximum absolute atomic E-state index is 11.1. The summed E-state index contributed by atoms with van der Waals surface area (Å²) < 4.78 is 1.99. The van der Waals surface area contributed by atoms with Crippen LogP contribution in [0.15, 0.2) is 18.2 Å². The second-order valence-electron chi connectivity index (χ2n) is 3.96. The first-order chi connectivity index (χ1) is 7.08. The SMILES string of the molecule is CC(=O)Cc1nc2ccc(C)cc2n1C. The fourth-order valence-corrected chi connectivity index (χ4v) is 1.73. The zero-order chi connectivity index (χ0) is 11.0. The van der Waals surface area contributed by atoms with E-state index < -0.39 is 0 Å². The van der Waals surface area contributed by atoms with E-state index in [4.69, 9.17) is 0 Å². The molecule has 3 heteroatoms. The van der Waals surface area contributed by atoms with Crippen LogP contribution in [0.25, 0.3) is 11.0 Å². The highest BCUT2D eigenvalue weighted by Crippen LogP contribution is 2.16. The molecule has 0 unspecified atom stereocenters. The van der Waals surface area contributed by atoms with Gasteiger partial charge in [-0.1, -0.05) is 6.07 Å². The first-order valence-corrected chi connectivity index (χ1v) is 4.99. The van der Waals surface area contributed by atoms with Gasteiger partial charge < -0.3 is 4.57 Å². The van der Waals surface area contributed by atoms with Gasteiger partial charge in [-0.2, -0.15) is 0 Å². The van der Waals surface area contributed by atoms with E-state index >= 15 is 0 Å². The Morgan fingerprint density at radius 3 is 2.87 bits per heavy atom. The predicted molar refractivity (Wildman–Crippen MR) is 59.8 cm³/mol. The second kappa shape index (κ2) is 3.50. The lowest BCUT2D eigenvalue weighted by atomic mass is 10.2. The molecule has 78 valence electrons. The van der Waals surface area contributed by atoms with Gasteiger partial charge in [-0.25, -0.2) is 4.98 Å². The molecule has 0 saturated carbocycles. The number of rotatable bonds is 2. The molecule has 0 bridgehead atoms. The number of fused-ring (bicyclic) bond motifs is 1. The Labute approximate surface area is 88.7 Å². The number of hydrogen-bond donors (Lipinski definition) is 0. The number of hydrogen-bond acceptors (Lipinski definition) is 2. The standard InChI is InChI=1S/C12H14N2O/c1-8-4-5-10-11(6-8)14(3)12(13-10)7-9(2)15/h4-6H,7H2,1-3H3. The molecule has 0 spiro atoms. The number of aromatic nitrogens is 2. The van der Waals surface area contributed by atoms with Crippen molar-refractivity contribution in [1.29, 1.82) is 0 Å². The van der Waals surface area contributed by atoms with Gasteiger partial charge in [-0.15, -0.1) is 0 Å². The normalized spacial score (nSPS) is 10.9. The third-order valence-corrected chi connectivity index (χ3v) is 2.54. The Hall–Kier alpha value is -1.64. The van der Waals surface area contributed by atoms with E-state index in [-0.39, 0.29) is 5.78 Å². The summed E-state index contributed by atoms with van der Waals surface area (Å²) in [5, 5.41) is 0. The second-order valence-corrected chi connectivity index (χ2v) is 3.96. The fraction of sp³-hybridized carbons (Fsp3) is 0.333. The van der Waals surface area contributed by atoms with E-state index in [1.807, 2.05) is 23.7 Å². The summed E-state index contributed by atoms with van der Waals surface area (Å²) >= 11 is 0. The molecule has 0 aliphatic heterocycles. The average molecular weight is 202 g/mol. The molecule has 0 atom stereocenters. The van der Waals surface area contributed by atoms with E-state index in [9.17, 15) is 4.79 Å². The van der Waals surface area contributed by atoms with Crippen molar-refractivity contribution < 1.29 is 4.79 Å². The van der Waals surface area contributed by atoms with Crippen molar-refractivity contribution in [2.75, 3.05) is 0 Å². The number of nitrogens with zero attached hydrogens (tertiary/aromatic N) is 2. The van der Waals surface area contributed by atoms with Crippen LogP contribution in [0.5, 0.6) is 0 Å². The highest BCUT2D eigenvalue weighted by atomic mass is 16.1. The molecular formula is C12H14N2O. The van der Waals surface area contributed by atoms with Crippen LogP contribution in [0.2, 0.25) is 0 Å². The number of imidazole rings is 1. The van der Waals surface area contributed by atoms with Crippen LogP contribution in [0.4, 0.5) is 0 Å². The molecular weight excluding hydrogens is 188 g/mol. The van der Waals surface area contributed by atoms with Crippen LogP contribution in [0.1, 0.15) is 18.3 Å².